The summed E-state index contributed by atoms with van der Waals surface area (Å²) >= 11 is 3.55. The van der Waals surface area contributed by atoms with Crippen LogP contribution in [0.2, 0.25) is 0 Å². The molecule has 20 heavy (non-hydrogen) atoms. The third-order valence-corrected chi connectivity index (χ3v) is 5.97. The molecule has 1 aliphatic carbocycles. The van der Waals surface area contributed by atoms with Gasteiger partial charge in [0.05, 0.1) is 5.41 Å². The number of rotatable bonds is 2. The highest BCUT2D eigenvalue weighted by Crippen LogP contribution is 2.48. The first-order valence-electron chi connectivity index (χ1n) is 7.05. The molecule has 0 spiro atoms. The first kappa shape index (κ1) is 15.4. The largest absolute Gasteiger partial charge is 0.507 e. The second kappa shape index (κ2) is 5.40. The molecule has 0 heterocycles. The van der Waals surface area contributed by atoms with Gasteiger partial charge in [-0.2, -0.15) is 0 Å². The van der Waals surface area contributed by atoms with Crippen molar-refractivity contribution in [1.82, 2.24) is 0 Å². The number of halogens is 1. The van der Waals surface area contributed by atoms with Crippen LogP contribution in [0.15, 0.2) is 4.47 Å². The van der Waals surface area contributed by atoms with Crippen molar-refractivity contribution in [2.24, 2.45) is 0 Å². The van der Waals surface area contributed by atoms with E-state index < -0.39 is 11.4 Å². The van der Waals surface area contributed by atoms with Gasteiger partial charge in [-0.15, -0.1) is 0 Å². The van der Waals surface area contributed by atoms with Gasteiger partial charge < -0.3 is 10.2 Å². The van der Waals surface area contributed by atoms with Gasteiger partial charge in [0, 0.05) is 10.0 Å². The lowest BCUT2D eigenvalue weighted by molar-refractivity contribution is -0.145. The Morgan fingerprint density at radius 1 is 1.05 bits per heavy atom. The average Bonchev–Trinajstić information content (AvgIpc) is 2.44. The fraction of sp³-hybridized carbons (Fsp3) is 0.562. The van der Waals surface area contributed by atoms with Crippen LogP contribution in [0.1, 0.15) is 54.4 Å². The average molecular weight is 341 g/mol. The van der Waals surface area contributed by atoms with E-state index in [0.717, 1.165) is 40.4 Å². The Balaban J connectivity index is 2.75. The third kappa shape index (κ3) is 2.14. The quantitative estimate of drug-likeness (QED) is 0.840. The number of carboxylic acids is 1. The summed E-state index contributed by atoms with van der Waals surface area (Å²) in [6.07, 6.45) is 4.07. The molecule has 1 fully saturated rings. The van der Waals surface area contributed by atoms with Gasteiger partial charge in [-0.1, -0.05) is 35.2 Å². The third-order valence-electron chi connectivity index (χ3n) is 4.78. The lowest BCUT2D eigenvalue weighted by Crippen LogP contribution is -2.38. The Labute approximate surface area is 128 Å². The Kier molecular flexibility index (Phi) is 4.14. The number of carbonyl (C=O) groups is 1. The van der Waals surface area contributed by atoms with Gasteiger partial charge in [0.25, 0.3) is 0 Å². The zero-order valence-electron chi connectivity index (χ0n) is 12.2. The van der Waals surface area contributed by atoms with Crippen molar-refractivity contribution in [3.8, 4) is 5.75 Å². The molecule has 1 aromatic rings. The molecule has 2 rings (SSSR count). The maximum Gasteiger partial charge on any atom is 0.314 e. The summed E-state index contributed by atoms with van der Waals surface area (Å²) in [7, 11) is 0. The summed E-state index contributed by atoms with van der Waals surface area (Å²) in [5, 5.41) is 20.4. The Hall–Kier alpha value is -1.03. The van der Waals surface area contributed by atoms with Gasteiger partial charge in [0.15, 0.2) is 0 Å². The van der Waals surface area contributed by atoms with Crippen LogP contribution >= 0.6 is 15.9 Å². The van der Waals surface area contributed by atoms with Crippen molar-refractivity contribution < 1.29 is 15.0 Å². The smallest absolute Gasteiger partial charge is 0.314 e. The van der Waals surface area contributed by atoms with E-state index in [1.165, 1.54) is 0 Å². The monoisotopic (exact) mass is 340 g/mol. The normalized spacial score (nSPS) is 18.0. The Morgan fingerprint density at radius 2 is 1.60 bits per heavy atom. The van der Waals surface area contributed by atoms with Crippen LogP contribution < -0.4 is 0 Å². The second-order valence-electron chi connectivity index (χ2n) is 5.86. The molecule has 0 aromatic heterocycles. The summed E-state index contributed by atoms with van der Waals surface area (Å²) in [4.78, 5) is 12.0. The first-order chi connectivity index (χ1) is 9.33. The van der Waals surface area contributed by atoms with E-state index in [0.29, 0.717) is 18.4 Å². The van der Waals surface area contributed by atoms with Crippen molar-refractivity contribution in [3.63, 3.8) is 0 Å². The number of benzene rings is 1. The summed E-state index contributed by atoms with van der Waals surface area (Å²) in [5.41, 5.74) is 2.27. The topological polar surface area (TPSA) is 57.5 Å². The van der Waals surface area contributed by atoms with Gasteiger partial charge >= 0.3 is 5.97 Å². The van der Waals surface area contributed by atoms with E-state index in [-0.39, 0.29) is 5.75 Å². The highest BCUT2D eigenvalue weighted by molar-refractivity contribution is 9.10. The minimum Gasteiger partial charge on any atom is -0.507 e. The SMILES string of the molecule is Cc1c(C)c(Br)c(C)c(C2(C(=O)O)CCCCC2)c1O. The van der Waals surface area contributed by atoms with Crippen LogP contribution in [0.4, 0.5) is 0 Å². The number of aromatic hydroxyl groups is 1. The Bertz CT molecular complexity index is 528. The Morgan fingerprint density at radius 3 is 2.10 bits per heavy atom. The molecule has 0 bridgehead atoms. The van der Waals surface area contributed by atoms with Crippen LogP contribution in [0.5, 0.6) is 5.75 Å². The van der Waals surface area contributed by atoms with Gasteiger partial charge in [-0.25, -0.2) is 0 Å². The first-order valence-corrected chi connectivity index (χ1v) is 7.84. The van der Waals surface area contributed by atoms with Crippen molar-refractivity contribution >= 4 is 21.9 Å². The highest BCUT2D eigenvalue weighted by Gasteiger charge is 2.45. The molecule has 3 nitrogen and oxygen atoms in total. The molecule has 1 aromatic carbocycles. The van der Waals surface area contributed by atoms with E-state index in [4.69, 9.17) is 0 Å². The standard InChI is InChI=1S/C16H21BrO3/c1-9-10(2)14(18)12(11(3)13(9)17)16(15(19)20)7-5-4-6-8-16/h18H,4-8H2,1-3H3,(H,19,20). The van der Waals surface area contributed by atoms with Crippen LogP contribution in [-0.2, 0) is 10.2 Å². The lowest BCUT2D eigenvalue weighted by atomic mass is 9.67. The molecule has 1 saturated carbocycles. The number of aliphatic carboxylic acids is 1. The van der Waals surface area contributed by atoms with Crippen LogP contribution in [-0.4, -0.2) is 16.2 Å². The van der Waals surface area contributed by atoms with E-state index in [9.17, 15) is 15.0 Å². The minimum atomic E-state index is -0.937. The molecule has 1 aliphatic rings. The number of hydrogen-bond donors (Lipinski definition) is 2. The van der Waals surface area contributed by atoms with Gasteiger partial charge in [-0.3, -0.25) is 4.79 Å². The number of phenolic OH excluding ortho intramolecular Hbond substituents is 1. The van der Waals surface area contributed by atoms with Gasteiger partial charge in [0.2, 0.25) is 0 Å². The zero-order valence-corrected chi connectivity index (χ0v) is 13.8. The fourth-order valence-corrected chi connectivity index (χ4v) is 3.91. The summed E-state index contributed by atoms with van der Waals surface area (Å²) in [6.45, 7) is 5.67. The molecule has 0 radical (unpaired) electrons. The van der Waals surface area contributed by atoms with Crippen molar-refractivity contribution in [3.05, 3.63) is 26.7 Å². The molecular weight excluding hydrogens is 320 g/mol. The highest BCUT2D eigenvalue weighted by atomic mass is 79.9. The lowest BCUT2D eigenvalue weighted by Gasteiger charge is -2.36. The van der Waals surface area contributed by atoms with Gasteiger partial charge in [0.1, 0.15) is 5.75 Å². The summed E-state index contributed by atoms with van der Waals surface area (Å²) in [5.74, 6) is -0.654. The maximum absolute atomic E-state index is 12.0. The molecule has 0 unspecified atom stereocenters. The fourth-order valence-electron chi connectivity index (χ4n) is 3.41. The minimum absolute atomic E-state index is 0.160. The van der Waals surface area contributed by atoms with E-state index in [1.807, 2.05) is 20.8 Å². The van der Waals surface area contributed by atoms with Gasteiger partial charge in [-0.05, 0) is 50.3 Å². The van der Waals surface area contributed by atoms with Crippen molar-refractivity contribution in [2.45, 2.75) is 58.3 Å². The molecule has 0 atom stereocenters. The summed E-state index contributed by atoms with van der Waals surface area (Å²) < 4.78 is 0.911. The maximum atomic E-state index is 12.0. The molecule has 0 amide bonds. The molecule has 4 heteroatoms. The summed E-state index contributed by atoms with van der Waals surface area (Å²) in [6, 6.07) is 0. The van der Waals surface area contributed by atoms with Crippen LogP contribution in [0.25, 0.3) is 0 Å². The second-order valence-corrected chi connectivity index (χ2v) is 6.65. The molecule has 0 aliphatic heterocycles. The van der Waals surface area contributed by atoms with E-state index in [1.54, 1.807) is 0 Å². The van der Waals surface area contributed by atoms with Crippen LogP contribution in [0.3, 0.4) is 0 Å². The van der Waals surface area contributed by atoms with Crippen molar-refractivity contribution in [2.75, 3.05) is 0 Å². The zero-order chi connectivity index (χ0) is 15.1. The molecule has 110 valence electrons. The molecular formula is C16H21BrO3. The van der Waals surface area contributed by atoms with E-state index in [2.05, 4.69) is 15.9 Å². The van der Waals surface area contributed by atoms with Crippen LogP contribution in [0, 0.1) is 20.8 Å². The van der Waals surface area contributed by atoms with E-state index >= 15 is 0 Å². The van der Waals surface area contributed by atoms with Crippen molar-refractivity contribution in [1.29, 1.82) is 0 Å². The number of carboxylic acid groups (broad SMARTS) is 1. The molecule has 0 saturated heterocycles. The number of hydrogen-bond acceptors (Lipinski definition) is 2. The predicted molar refractivity (Wildman–Crippen MR) is 82.4 cm³/mol. The number of phenols is 1. The molecule has 2 N–H and O–H groups in total. The predicted octanol–water partition coefficient (Wildman–Crippen LogP) is 4.37.